The molecular weight excluding hydrogens is 250 g/mol. The van der Waals surface area contributed by atoms with Crippen LogP contribution in [0.3, 0.4) is 0 Å². The molecule has 1 aromatic rings. The summed E-state index contributed by atoms with van der Waals surface area (Å²) in [5.41, 5.74) is 1.42. The lowest BCUT2D eigenvalue weighted by molar-refractivity contribution is 0.282. The van der Waals surface area contributed by atoms with Crippen molar-refractivity contribution in [2.24, 2.45) is 0 Å². The molecule has 18 heavy (non-hydrogen) atoms. The maximum absolute atomic E-state index is 12.0. The first-order chi connectivity index (χ1) is 8.50. The van der Waals surface area contributed by atoms with Crippen LogP contribution in [0, 0.1) is 0 Å². The molecule has 0 aromatic heterocycles. The second-order valence-electron chi connectivity index (χ2n) is 4.37. The van der Waals surface area contributed by atoms with Crippen LogP contribution in [0.15, 0.2) is 24.3 Å². The number of nitrogens with one attached hydrogen (secondary N) is 1. The summed E-state index contributed by atoms with van der Waals surface area (Å²) in [7, 11) is -3.31. The third-order valence-corrected chi connectivity index (χ3v) is 4.27. The minimum atomic E-state index is -3.31. The Morgan fingerprint density at radius 1 is 1.22 bits per heavy atom. The fourth-order valence-electron chi connectivity index (χ4n) is 1.79. The van der Waals surface area contributed by atoms with Crippen molar-refractivity contribution in [3.8, 4) is 0 Å². The number of aliphatic hydroxyl groups is 1. The van der Waals surface area contributed by atoms with Gasteiger partial charge in [-0.1, -0.05) is 38.1 Å². The van der Waals surface area contributed by atoms with Crippen LogP contribution in [0.1, 0.15) is 37.8 Å². The van der Waals surface area contributed by atoms with Crippen LogP contribution in [-0.2, 0) is 22.4 Å². The van der Waals surface area contributed by atoms with E-state index in [0.717, 1.165) is 18.4 Å². The quantitative estimate of drug-likeness (QED) is 0.794. The normalized spacial score (nSPS) is 12.0. The number of sulfonamides is 1. The lowest BCUT2D eigenvalue weighted by atomic mass is 10.1. The Morgan fingerprint density at radius 2 is 1.83 bits per heavy atom. The number of aliphatic hydroxyl groups excluding tert-OH is 1. The third kappa shape index (κ3) is 4.76. The Morgan fingerprint density at radius 3 is 2.39 bits per heavy atom. The first-order valence-electron chi connectivity index (χ1n) is 6.19. The smallest absolute Gasteiger partial charge is 0.216 e. The largest absolute Gasteiger partial charge is 0.392 e. The highest BCUT2D eigenvalue weighted by Gasteiger charge is 2.16. The maximum Gasteiger partial charge on any atom is 0.216 e. The summed E-state index contributed by atoms with van der Waals surface area (Å²) in [5, 5.41) is 9.02. The first kappa shape index (κ1) is 15.1. The zero-order valence-electron chi connectivity index (χ0n) is 10.9. The molecule has 0 saturated carbocycles. The monoisotopic (exact) mass is 271 g/mol. The lowest BCUT2D eigenvalue weighted by Crippen LogP contribution is -2.34. The molecule has 1 aromatic carbocycles. The van der Waals surface area contributed by atoms with E-state index < -0.39 is 10.0 Å². The van der Waals surface area contributed by atoms with Gasteiger partial charge in [0.1, 0.15) is 0 Å². The molecule has 0 saturated heterocycles. The van der Waals surface area contributed by atoms with Gasteiger partial charge in [0.2, 0.25) is 10.0 Å². The molecule has 2 N–H and O–H groups in total. The van der Waals surface area contributed by atoms with Gasteiger partial charge in [0.05, 0.1) is 12.4 Å². The summed E-state index contributed by atoms with van der Waals surface area (Å²) in [6.45, 7) is 3.85. The third-order valence-electron chi connectivity index (χ3n) is 2.86. The van der Waals surface area contributed by atoms with E-state index in [9.17, 15) is 8.42 Å². The van der Waals surface area contributed by atoms with Crippen molar-refractivity contribution in [3.05, 3.63) is 35.4 Å². The molecule has 4 nitrogen and oxygen atoms in total. The van der Waals surface area contributed by atoms with Gasteiger partial charge in [-0.25, -0.2) is 13.1 Å². The molecule has 0 heterocycles. The fraction of sp³-hybridized carbons (Fsp3) is 0.538. The summed E-state index contributed by atoms with van der Waals surface area (Å²) < 4.78 is 26.6. The van der Waals surface area contributed by atoms with Crippen molar-refractivity contribution in [3.63, 3.8) is 0 Å². The van der Waals surface area contributed by atoms with Crippen molar-refractivity contribution < 1.29 is 13.5 Å². The van der Waals surface area contributed by atoms with Crippen LogP contribution in [0.2, 0.25) is 0 Å². The summed E-state index contributed by atoms with van der Waals surface area (Å²) in [5.74, 6) is -0.0443. The van der Waals surface area contributed by atoms with E-state index in [-0.39, 0.29) is 18.4 Å². The molecule has 0 amide bonds. The summed E-state index contributed by atoms with van der Waals surface area (Å²) in [6.07, 6.45) is 1.57. The van der Waals surface area contributed by atoms with E-state index in [1.165, 1.54) is 0 Å². The van der Waals surface area contributed by atoms with Gasteiger partial charge in [-0.05, 0) is 24.0 Å². The Labute approximate surface area is 109 Å². The molecule has 1 rings (SSSR count). The van der Waals surface area contributed by atoms with Crippen molar-refractivity contribution >= 4 is 10.0 Å². The Bertz CT molecular complexity index is 467. The average Bonchev–Trinajstić information content (AvgIpc) is 2.35. The van der Waals surface area contributed by atoms with E-state index in [2.05, 4.69) is 4.72 Å². The minimum Gasteiger partial charge on any atom is -0.392 e. The number of rotatable bonds is 7. The number of hydrogen-bond donors (Lipinski definition) is 2. The van der Waals surface area contributed by atoms with Crippen LogP contribution >= 0.6 is 0 Å². The van der Waals surface area contributed by atoms with Gasteiger partial charge in [0.15, 0.2) is 0 Å². The molecule has 0 aliphatic rings. The van der Waals surface area contributed by atoms with E-state index in [0.29, 0.717) is 5.56 Å². The SMILES string of the molecule is CCC(CC)NS(=O)(=O)Cc1cccc(CO)c1. The summed E-state index contributed by atoms with van der Waals surface area (Å²) in [4.78, 5) is 0. The van der Waals surface area contributed by atoms with E-state index in [1.807, 2.05) is 13.8 Å². The Balaban J connectivity index is 2.75. The number of benzene rings is 1. The van der Waals surface area contributed by atoms with Gasteiger partial charge in [-0.2, -0.15) is 0 Å². The molecular formula is C13H21NO3S. The van der Waals surface area contributed by atoms with Crippen LogP contribution in [0.4, 0.5) is 0 Å². The van der Waals surface area contributed by atoms with E-state index >= 15 is 0 Å². The molecule has 102 valence electrons. The molecule has 0 atom stereocenters. The van der Waals surface area contributed by atoms with Crippen molar-refractivity contribution in [2.75, 3.05) is 0 Å². The van der Waals surface area contributed by atoms with Gasteiger partial charge in [-0.15, -0.1) is 0 Å². The summed E-state index contributed by atoms with van der Waals surface area (Å²) in [6, 6.07) is 6.99. The number of hydrogen-bond acceptors (Lipinski definition) is 3. The Kier molecular flexibility index (Phi) is 5.78. The predicted molar refractivity (Wildman–Crippen MR) is 72.5 cm³/mol. The zero-order valence-corrected chi connectivity index (χ0v) is 11.7. The predicted octanol–water partition coefficient (Wildman–Crippen LogP) is 1.79. The molecule has 0 aliphatic heterocycles. The van der Waals surface area contributed by atoms with Crippen molar-refractivity contribution in [2.45, 2.75) is 45.1 Å². The van der Waals surface area contributed by atoms with Gasteiger partial charge in [-0.3, -0.25) is 0 Å². The molecule has 0 aliphatic carbocycles. The molecule has 0 fully saturated rings. The van der Waals surface area contributed by atoms with Crippen molar-refractivity contribution in [1.82, 2.24) is 4.72 Å². The lowest BCUT2D eigenvalue weighted by Gasteiger charge is -2.15. The minimum absolute atomic E-state index is 0.00368. The second-order valence-corrected chi connectivity index (χ2v) is 6.12. The van der Waals surface area contributed by atoms with E-state index in [4.69, 9.17) is 5.11 Å². The first-order valence-corrected chi connectivity index (χ1v) is 7.84. The maximum atomic E-state index is 12.0. The van der Waals surface area contributed by atoms with E-state index in [1.54, 1.807) is 24.3 Å². The van der Waals surface area contributed by atoms with Gasteiger partial charge in [0.25, 0.3) is 0 Å². The highest BCUT2D eigenvalue weighted by Crippen LogP contribution is 2.10. The van der Waals surface area contributed by atoms with Crippen LogP contribution in [-0.4, -0.2) is 19.6 Å². The highest BCUT2D eigenvalue weighted by atomic mass is 32.2. The standard InChI is InChI=1S/C13H21NO3S/c1-3-13(4-2)14-18(16,17)10-12-7-5-6-11(8-12)9-15/h5-8,13-15H,3-4,9-10H2,1-2H3. The second kappa shape index (κ2) is 6.87. The van der Waals surface area contributed by atoms with Crippen LogP contribution in [0.25, 0.3) is 0 Å². The van der Waals surface area contributed by atoms with Crippen molar-refractivity contribution in [1.29, 1.82) is 0 Å². The molecule has 0 unspecified atom stereocenters. The van der Waals surface area contributed by atoms with Crippen LogP contribution < -0.4 is 4.72 Å². The molecule has 0 bridgehead atoms. The van der Waals surface area contributed by atoms with Gasteiger partial charge < -0.3 is 5.11 Å². The summed E-state index contributed by atoms with van der Waals surface area (Å²) >= 11 is 0. The highest BCUT2D eigenvalue weighted by molar-refractivity contribution is 7.88. The molecule has 5 heteroatoms. The zero-order chi connectivity index (χ0) is 13.6. The molecule has 0 radical (unpaired) electrons. The van der Waals surface area contributed by atoms with Crippen LogP contribution in [0.5, 0.6) is 0 Å². The molecule has 0 spiro atoms. The van der Waals surface area contributed by atoms with Gasteiger partial charge in [0, 0.05) is 6.04 Å². The fourth-order valence-corrected chi connectivity index (χ4v) is 3.33. The topological polar surface area (TPSA) is 66.4 Å². The average molecular weight is 271 g/mol. The van der Waals surface area contributed by atoms with Gasteiger partial charge >= 0.3 is 0 Å². The Hall–Kier alpha value is -0.910.